The van der Waals surface area contributed by atoms with E-state index in [1.807, 2.05) is 0 Å². The molecule has 0 aromatic rings. The summed E-state index contributed by atoms with van der Waals surface area (Å²) in [4.78, 5) is 15.1. The van der Waals surface area contributed by atoms with E-state index in [4.69, 9.17) is 0 Å². The fraction of sp³-hybridized carbons (Fsp3) is 0.818. The van der Waals surface area contributed by atoms with Gasteiger partial charge in [-0.15, -0.1) is 0 Å². The number of thioether (sulfide) groups is 1. The van der Waals surface area contributed by atoms with Crippen LogP contribution in [0, 0.1) is 11.8 Å². The molecule has 0 radical (unpaired) electrons. The van der Waals surface area contributed by atoms with Crippen LogP contribution in [-0.4, -0.2) is 28.3 Å². The molecule has 94 valence electrons. The van der Waals surface area contributed by atoms with Crippen LogP contribution in [0.3, 0.4) is 0 Å². The Bertz CT molecular complexity index is 399. The molecule has 2 unspecified atom stereocenters. The van der Waals surface area contributed by atoms with Crippen molar-refractivity contribution in [2.45, 2.75) is 43.4 Å². The predicted molar refractivity (Wildman–Crippen MR) is 62.2 cm³/mol. The van der Waals surface area contributed by atoms with Gasteiger partial charge >= 0.3 is 0 Å². The van der Waals surface area contributed by atoms with Crippen LogP contribution in [0.15, 0.2) is 4.99 Å². The zero-order chi connectivity index (χ0) is 12.2. The number of alkyl halides is 2. The first kappa shape index (κ1) is 11.4. The van der Waals surface area contributed by atoms with Crippen LogP contribution in [0.4, 0.5) is 8.78 Å². The molecule has 1 heterocycles. The summed E-state index contributed by atoms with van der Waals surface area (Å²) in [6.07, 6.45) is 1.09. The van der Waals surface area contributed by atoms with Crippen molar-refractivity contribution in [3.63, 3.8) is 0 Å². The van der Waals surface area contributed by atoms with E-state index in [0.29, 0.717) is 18.0 Å². The first-order valence-corrected chi connectivity index (χ1v) is 6.77. The molecule has 0 aromatic heterocycles. The molecular weight excluding hydrogens is 246 g/mol. The number of halogens is 2. The molecule has 2 aliphatic carbocycles. The lowest BCUT2D eigenvalue weighted by Crippen LogP contribution is -2.41. The van der Waals surface area contributed by atoms with Gasteiger partial charge in [0.15, 0.2) is 5.17 Å². The molecule has 0 aromatic carbocycles. The average molecular weight is 260 g/mol. The Hall–Kier alpha value is -0.650. The number of rotatable bonds is 1. The first-order valence-electron chi connectivity index (χ1n) is 5.89. The molecule has 0 spiro atoms. The van der Waals surface area contributed by atoms with Gasteiger partial charge in [0.05, 0.1) is 5.25 Å². The molecule has 4 atom stereocenters. The molecule has 1 N–H and O–H groups in total. The molecule has 2 saturated carbocycles. The fourth-order valence-corrected chi connectivity index (χ4v) is 3.90. The molecule has 6 heteroatoms. The Morgan fingerprint density at radius 2 is 2.24 bits per heavy atom. The van der Waals surface area contributed by atoms with Gasteiger partial charge in [-0.25, -0.2) is 8.78 Å². The molecule has 0 saturated heterocycles. The highest BCUT2D eigenvalue weighted by atomic mass is 32.2. The quantitative estimate of drug-likeness (QED) is 0.784. The number of amides is 1. The Morgan fingerprint density at radius 1 is 1.47 bits per heavy atom. The summed E-state index contributed by atoms with van der Waals surface area (Å²) < 4.78 is 26.7. The van der Waals surface area contributed by atoms with Crippen molar-refractivity contribution in [3.8, 4) is 0 Å². The van der Waals surface area contributed by atoms with Crippen LogP contribution in [0.5, 0.6) is 0 Å². The maximum atomic E-state index is 13.3. The smallest absolute Gasteiger partial charge is 0.261 e. The average Bonchev–Trinajstić information content (AvgIpc) is 2.81. The van der Waals surface area contributed by atoms with Crippen molar-refractivity contribution in [3.05, 3.63) is 0 Å². The molecule has 1 aliphatic heterocycles. The second-order valence-corrected chi connectivity index (χ2v) is 6.49. The Morgan fingerprint density at radius 3 is 2.71 bits per heavy atom. The fourth-order valence-electron chi connectivity index (χ4n) is 3.05. The van der Waals surface area contributed by atoms with E-state index >= 15 is 0 Å². The lowest BCUT2D eigenvalue weighted by Gasteiger charge is -2.28. The normalized spacial score (nSPS) is 43.0. The number of carbonyl (C=O) groups excluding carboxylic acids is 1. The van der Waals surface area contributed by atoms with Crippen LogP contribution < -0.4 is 5.32 Å². The minimum absolute atomic E-state index is 0.0171. The lowest BCUT2D eigenvalue weighted by molar-refractivity contribution is -0.116. The Labute approximate surface area is 102 Å². The van der Waals surface area contributed by atoms with Gasteiger partial charge in [-0.3, -0.25) is 4.79 Å². The van der Waals surface area contributed by atoms with Crippen molar-refractivity contribution in [2.75, 3.05) is 0 Å². The van der Waals surface area contributed by atoms with Gasteiger partial charge < -0.3 is 5.32 Å². The summed E-state index contributed by atoms with van der Waals surface area (Å²) in [5, 5.41) is 3.64. The molecule has 2 bridgehead atoms. The van der Waals surface area contributed by atoms with Gasteiger partial charge in [0.25, 0.3) is 11.8 Å². The molecular formula is C11H14F2N2OS. The van der Waals surface area contributed by atoms with Crippen LogP contribution in [-0.2, 0) is 4.79 Å². The Kier molecular flexibility index (Phi) is 2.47. The van der Waals surface area contributed by atoms with Crippen LogP contribution in [0.25, 0.3) is 0 Å². The van der Waals surface area contributed by atoms with Gasteiger partial charge in [0.2, 0.25) is 0 Å². The maximum Gasteiger partial charge on any atom is 0.261 e. The molecule has 17 heavy (non-hydrogen) atoms. The monoisotopic (exact) mass is 260 g/mol. The van der Waals surface area contributed by atoms with Crippen LogP contribution in [0.2, 0.25) is 0 Å². The minimum Gasteiger partial charge on any atom is -0.361 e. The minimum atomic E-state index is -2.48. The summed E-state index contributed by atoms with van der Waals surface area (Å²) in [7, 11) is 0. The predicted octanol–water partition coefficient (Wildman–Crippen LogP) is 2.03. The third kappa shape index (κ3) is 1.86. The van der Waals surface area contributed by atoms with Crippen molar-refractivity contribution in [1.29, 1.82) is 0 Å². The summed E-state index contributed by atoms with van der Waals surface area (Å²) >= 11 is 1.39. The highest BCUT2D eigenvalue weighted by Crippen LogP contribution is 2.53. The van der Waals surface area contributed by atoms with Crippen molar-refractivity contribution in [1.82, 2.24) is 5.32 Å². The summed E-state index contributed by atoms with van der Waals surface area (Å²) in [5.74, 6) is -3.06. The number of aliphatic imine (C=N–C) groups is 1. The van der Waals surface area contributed by atoms with Gasteiger partial charge in [-0.1, -0.05) is 11.8 Å². The van der Waals surface area contributed by atoms with Gasteiger partial charge in [-0.2, -0.15) is 4.99 Å². The number of fused-ring (bicyclic) bond motifs is 2. The maximum absolute atomic E-state index is 13.3. The highest BCUT2D eigenvalue weighted by molar-refractivity contribution is 8.15. The number of carbonyl (C=O) groups is 1. The number of hydrogen-bond donors (Lipinski definition) is 1. The Balaban J connectivity index is 1.63. The third-order valence-corrected chi connectivity index (χ3v) is 4.97. The second kappa shape index (κ2) is 3.67. The van der Waals surface area contributed by atoms with Crippen molar-refractivity contribution >= 4 is 22.8 Å². The lowest BCUT2D eigenvalue weighted by atomic mass is 9.92. The van der Waals surface area contributed by atoms with Gasteiger partial charge in [0.1, 0.15) is 0 Å². The third-order valence-electron chi connectivity index (χ3n) is 3.98. The molecule has 2 fully saturated rings. The standard InChI is InChI=1S/C11H14F2N2OS/c1-5-9(16)15-10(17-5)14-8-3-7-2-6(8)4-11(7,12)13/h5-8H,2-4H2,1H3,(H,14,15,16)/t5-,6?,7?,8+/m1/s1. The van der Waals surface area contributed by atoms with Gasteiger partial charge in [-0.05, 0) is 25.7 Å². The summed E-state index contributed by atoms with van der Waals surface area (Å²) in [5.41, 5.74) is 0. The zero-order valence-corrected chi connectivity index (χ0v) is 10.3. The van der Waals surface area contributed by atoms with E-state index in [2.05, 4.69) is 10.3 Å². The highest BCUT2D eigenvalue weighted by Gasteiger charge is 2.56. The van der Waals surface area contributed by atoms with Gasteiger partial charge in [0, 0.05) is 18.4 Å². The number of nitrogens with zero attached hydrogens (tertiary/aromatic N) is 1. The molecule has 3 aliphatic rings. The van der Waals surface area contributed by atoms with E-state index in [9.17, 15) is 13.6 Å². The van der Waals surface area contributed by atoms with Crippen molar-refractivity contribution in [2.24, 2.45) is 16.8 Å². The van der Waals surface area contributed by atoms with E-state index in [1.165, 1.54) is 11.8 Å². The van der Waals surface area contributed by atoms with Crippen molar-refractivity contribution < 1.29 is 13.6 Å². The second-order valence-electron chi connectivity index (χ2n) is 5.16. The number of hydrogen-bond acceptors (Lipinski definition) is 3. The van der Waals surface area contributed by atoms with Crippen LogP contribution in [0.1, 0.15) is 26.2 Å². The summed E-state index contributed by atoms with van der Waals surface area (Å²) in [6, 6.07) is 0.0731. The van der Waals surface area contributed by atoms with E-state index in [1.54, 1.807) is 6.92 Å². The molecule has 3 rings (SSSR count). The molecule has 1 amide bonds. The number of amidine groups is 1. The summed E-state index contributed by atoms with van der Waals surface area (Å²) in [6.45, 7) is 1.81. The zero-order valence-electron chi connectivity index (χ0n) is 9.45. The number of nitrogens with one attached hydrogen (secondary N) is 1. The first-order chi connectivity index (χ1) is 7.95. The van der Waals surface area contributed by atoms with E-state index < -0.39 is 11.8 Å². The topological polar surface area (TPSA) is 41.5 Å². The van der Waals surface area contributed by atoms with Crippen LogP contribution >= 0.6 is 11.8 Å². The van der Waals surface area contributed by atoms with E-state index in [0.717, 1.165) is 0 Å². The largest absolute Gasteiger partial charge is 0.361 e. The SMILES string of the molecule is C[C@H]1SC(N[C@H]2CC3CC2CC3(F)F)=NC1=O. The van der Waals surface area contributed by atoms with E-state index in [-0.39, 0.29) is 29.5 Å². The molecule has 3 nitrogen and oxygen atoms in total.